The molecule has 1 saturated heterocycles. The lowest BCUT2D eigenvalue weighted by atomic mass is 9.71. The Morgan fingerprint density at radius 2 is 2.00 bits per heavy atom. The first-order chi connectivity index (χ1) is 10.8. The highest BCUT2D eigenvalue weighted by Crippen LogP contribution is 2.42. The molecule has 5 heteroatoms. The van der Waals surface area contributed by atoms with Gasteiger partial charge in [0.15, 0.2) is 0 Å². The summed E-state index contributed by atoms with van der Waals surface area (Å²) >= 11 is 6.26. The maximum Gasteiger partial charge on any atom is 0.410 e. The van der Waals surface area contributed by atoms with Crippen LogP contribution in [0.4, 0.5) is 10.5 Å². The van der Waals surface area contributed by atoms with E-state index in [0.29, 0.717) is 0 Å². The van der Waals surface area contributed by atoms with Crippen LogP contribution in [0.2, 0.25) is 5.02 Å². The van der Waals surface area contributed by atoms with Crippen molar-refractivity contribution in [3.05, 3.63) is 28.8 Å². The molecule has 126 valence electrons. The Hall–Kier alpha value is -1.42. The number of halogens is 1. The first-order valence-electron chi connectivity index (χ1n) is 8.27. The van der Waals surface area contributed by atoms with Gasteiger partial charge in [0.1, 0.15) is 5.60 Å². The zero-order valence-corrected chi connectivity index (χ0v) is 14.9. The van der Waals surface area contributed by atoms with E-state index in [-0.39, 0.29) is 11.5 Å². The molecule has 0 radical (unpaired) electrons. The topological polar surface area (TPSA) is 41.6 Å². The number of likely N-dealkylation sites (tertiary alicyclic amines) is 1. The average molecular weight is 337 g/mol. The van der Waals surface area contributed by atoms with Crippen LogP contribution in [0.25, 0.3) is 0 Å². The lowest BCUT2D eigenvalue weighted by Gasteiger charge is -2.45. The normalized spacial score (nSPS) is 19.9. The van der Waals surface area contributed by atoms with Gasteiger partial charge >= 0.3 is 6.09 Å². The van der Waals surface area contributed by atoms with E-state index in [4.69, 9.17) is 16.3 Å². The van der Waals surface area contributed by atoms with Gasteiger partial charge in [-0.1, -0.05) is 23.7 Å². The summed E-state index contributed by atoms with van der Waals surface area (Å²) in [7, 11) is 0. The van der Waals surface area contributed by atoms with Crippen molar-refractivity contribution in [3.8, 4) is 0 Å². The molecule has 0 bridgehead atoms. The lowest BCUT2D eigenvalue weighted by Crippen LogP contribution is -2.49. The second-order valence-electron chi connectivity index (χ2n) is 7.77. The SMILES string of the molecule is CC(C)(C)OC(=O)N1CCC2(CC1)CNc1c(Cl)cccc1C2. The number of hydrogen-bond donors (Lipinski definition) is 1. The number of hydrogen-bond acceptors (Lipinski definition) is 3. The molecule has 0 aromatic heterocycles. The van der Waals surface area contributed by atoms with Crippen molar-refractivity contribution in [3.63, 3.8) is 0 Å². The van der Waals surface area contributed by atoms with Gasteiger partial charge in [-0.05, 0) is 57.1 Å². The number of nitrogens with zero attached hydrogens (tertiary/aromatic N) is 1. The van der Waals surface area contributed by atoms with E-state index >= 15 is 0 Å². The van der Waals surface area contributed by atoms with Gasteiger partial charge in [-0.25, -0.2) is 4.79 Å². The fraction of sp³-hybridized carbons (Fsp3) is 0.611. The Balaban J connectivity index is 1.64. The number of anilines is 1. The second-order valence-corrected chi connectivity index (χ2v) is 8.18. The van der Waals surface area contributed by atoms with E-state index in [0.717, 1.165) is 49.6 Å². The molecular weight excluding hydrogens is 312 g/mol. The molecule has 2 aliphatic heterocycles. The lowest BCUT2D eigenvalue weighted by molar-refractivity contribution is 0.0110. The van der Waals surface area contributed by atoms with Gasteiger partial charge in [0, 0.05) is 19.6 Å². The third-order valence-electron chi connectivity index (χ3n) is 4.78. The largest absolute Gasteiger partial charge is 0.444 e. The molecule has 2 heterocycles. The summed E-state index contributed by atoms with van der Waals surface area (Å²) in [4.78, 5) is 14.0. The Morgan fingerprint density at radius 1 is 1.30 bits per heavy atom. The quantitative estimate of drug-likeness (QED) is 0.767. The Labute approximate surface area is 143 Å². The van der Waals surface area contributed by atoms with Crippen LogP contribution in [0.3, 0.4) is 0 Å². The highest BCUT2D eigenvalue weighted by molar-refractivity contribution is 6.33. The summed E-state index contributed by atoms with van der Waals surface area (Å²) in [6, 6.07) is 6.09. The summed E-state index contributed by atoms with van der Waals surface area (Å²) in [6.45, 7) is 8.15. The zero-order valence-electron chi connectivity index (χ0n) is 14.1. The molecule has 3 rings (SSSR count). The van der Waals surface area contributed by atoms with Crippen LogP contribution < -0.4 is 5.32 Å². The van der Waals surface area contributed by atoms with Gasteiger partial charge in [0.25, 0.3) is 0 Å². The molecule has 1 fully saturated rings. The van der Waals surface area contributed by atoms with Crippen molar-refractivity contribution in [2.45, 2.75) is 45.6 Å². The van der Waals surface area contributed by atoms with E-state index < -0.39 is 5.60 Å². The molecule has 23 heavy (non-hydrogen) atoms. The van der Waals surface area contributed by atoms with Crippen molar-refractivity contribution >= 4 is 23.4 Å². The number of fused-ring (bicyclic) bond motifs is 1. The van der Waals surface area contributed by atoms with Crippen LogP contribution in [0.15, 0.2) is 18.2 Å². The minimum absolute atomic E-state index is 0.195. The predicted molar refractivity (Wildman–Crippen MR) is 93.1 cm³/mol. The monoisotopic (exact) mass is 336 g/mol. The molecule has 2 aliphatic rings. The van der Waals surface area contributed by atoms with Gasteiger partial charge in [-0.15, -0.1) is 0 Å². The molecule has 4 nitrogen and oxygen atoms in total. The molecule has 0 aliphatic carbocycles. The minimum atomic E-state index is -0.436. The first-order valence-corrected chi connectivity index (χ1v) is 8.65. The molecular formula is C18H25ClN2O2. The zero-order chi connectivity index (χ0) is 16.7. The number of rotatable bonds is 0. The van der Waals surface area contributed by atoms with Crippen molar-refractivity contribution < 1.29 is 9.53 Å². The molecule has 1 spiro atoms. The summed E-state index contributed by atoms with van der Waals surface area (Å²) in [5, 5.41) is 4.30. The third-order valence-corrected chi connectivity index (χ3v) is 5.10. The van der Waals surface area contributed by atoms with Gasteiger partial charge in [-0.2, -0.15) is 0 Å². The summed E-state index contributed by atoms with van der Waals surface area (Å²) < 4.78 is 5.48. The minimum Gasteiger partial charge on any atom is -0.444 e. The van der Waals surface area contributed by atoms with Crippen molar-refractivity contribution in [1.82, 2.24) is 4.90 Å². The van der Waals surface area contributed by atoms with Gasteiger partial charge in [-0.3, -0.25) is 0 Å². The number of piperidine rings is 1. The van der Waals surface area contributed by atoms with E-state index in [2.05, 4.69) is 11.4 Å². The standard InChI is InChI=1S/C18H25ClN2O2/c1-17(2,3)23-16(22)21-9-7-18(8-10-21)11-13-5-4-6-14(19)15(13)20-12-18/h4-6,20H,7-12H2,1-3H3. The number of para-hydroxylation sites is 1. The van der Waals surface area contributed by atoms with Crippen molar-refractivity contribution in [2.24, 2.45) is 5.41 Å². The Morgan fingerprint density at radius 3 is 2.65 bits per heavy atom. The fourth-order valence-corrected chi connectivity index (χ4v) is 3.76. The number of benzene rings is 1. The molecule has 1 aromatic rings. The van der Waals surface area contributed by atoms with Crippen LogP contribution in [0, 0.1) is 5.41 Å². The van der Waals surface area contributed by atoms with E-state index in [1.807, 2.05) is 37.8 Å². The number of carbonyl (C=O) groups is 1. The second kappa shape index (κ2) is 5.90. The Bertz CT molecular complexity index is 602. The summed E-state index contributed by atoms with van der Waals surface area (Å²) in [6.07, 6.45) is 2.81. The highest BCUT2D eigenvalue weighted by atomic mass is 35.5. The first kappa shape index (κ1) is 16.4. The molecule has 1 N–H and O–H groups in total. The van der Waals surface area contributed by atoms with E-state index in [1.54, 1.807) is 0 Å². The molecule has 1 amide bonds. The van der Waals surface area contributed by atoms with Gasteiger partial charge < -0.3 is 15.0 Å². The number of carbonyl (C=O) groups excluding carboxylic acids is 1. The number of ether oxygens (including phenoxy) is 1. The smallest absolute Gasteiger partial charge is 0.410 e. The predicted octanol–water partition coefficient (Wildman–Crippen LogP) is 4.33. The average Bonchev–Trinajstić information content (AvgIpc) is 2.46. The summed E-state index contributed by atoms with van der Waals surface area (Å²) in [5.41, 5.74) is 2.15. The van der Waals surface area contributed by atoms with E-state index in [9.17, 15) is 4.79 Å². The third kappa shape index (κ3) is 3.57. The maximum atomic E-state index is 12.2. The van der Waals surface area contributed by atoms with Crippen molar-refractivity contribution in [1.29, 1.82) is 0 Å². The molecule has 0 saturated carbocycles. The van der Waals surface area contributed by atoms with Crippen LogP contribution in [0.5, 0.6) is 0 Å². The van der Waals surface area contributed by atoms with Crippen LogP contribution in [-0.2, 0) is 11.2 Å². The van der Waals surface area contributed by atoms with Crippen LogP contribution >= 0.6 is 11.6 Å². The molecule has 0 atom stereocenters. The van der Waals surface area contributed by atoms with Crippen molar-refractivity contribution in [2.75, 3.05) is 25.0 Å². The van der Waals surface area contributed by atoms with Crippen LogP contribution in [0.1, 0.15) is 39.2 Å². The Kier molecular flexibility index (Phi) is 4.21. The van der Waals surface area contributed by atoms with Gasteiger partial charge in [0.2, 0.25) is 0 Å². The summed E-state index contributed by atoms with van der Waals surface area (Å²) in [5.74, 6) is 0. The fourth-order valence-electron chi connectivity index (χ4n) is 3.50. The number of nitrogens with one attached hydrogen (secondary N) is 1. The number of amides is 1. The highest BCUT2D eigenvalue weighted by Gasteiger charge is 2.39. The van der Waals surface area contributed by atoms with Gasteiger partial charge in [0.05, 0.1) is 10.7 Å². The maximum absolute atomic E-state index is 12.2. The molecule has 0 unspecified atom stereocenters. The molecule has 1 aromatic carbocycles. The van der Waals surface area contributed by atoms with Crippen LogP contribution in [-0.4, -0.2) is 36.2 Å². The van der Waals surface area contributed by atoms with E-state index in [1.165, 1.54) is 5.56 Å².